The second-order valence-electron chi connectivity index (χ2n) is 6.95. The maximum atomic E-state index is 12.5. The molecule has 0 aromatic heterocycles. The molecule has 1 aliphatic carbocycles. The molecule has 1 fully saturated rings. The van der Waals surface area contributed by atoms with Gasteiger partial charge in [-0.15, -0.1) is 11.8 Å². The van der Waals surface area contributed by atoms with Crippen LogP contribution in [0.4, 0.5) is 0 Å². The molecule has 7 nitrogen and oxygen atoms in total. The summed E-state index contributed by atoms with van der Waals surface area (Å²) < 4.78 is 0. The number of aliphatic carboxylic acids is 1. The summed E-state index contributed by atoms with van der Waals surface area (Å²) in [5.74, 6) is -2.29. The molecule has 1 saturated carbocycles. The zero-order chi connectivity index (χ0) is 19.1. The lowest BCUT2D eigenvalue weighted by molar-refractivity contribution is -0.141. The number of imide groups is 1. The second-order valence-corrected chi connectivity index (χ2v) is 7.97. The Bertz CT molecular complexity index is 596. The number of nitrogens with zero attached hydrogens (tertiary/aromatic N) is 1. The largest absolute Gasteiger partial charge is 0.481 e. The van der Waals surface area contributed by atoms with Crippen LogP contribution >= 0.6 is 11.8 Å². The number of carboxylic acid groups (broad SMARTS) is 1. The van der Waals surface area contributed by atoms with E-state index in [2.05, 4.69) is 5.32 Å². The molecule has 0 aromatic carbocycles. The van der Waals surface area contributed by atoms with Crippen molar-refractivity contribution in [3.63, 3.8) is 0 Å². The first-order chi connectivity index (χ1) is 12.4. The Hall–Kier alpha value is -1.83. The summed E-state index contributed by atoms with van der Waals surface area (Å²) in [6.07, 6.45) is 8.11. The molecule has 0 aromatic rings. The molecule has 1 aliphatic heterocycles. The van der Waals surface area contributed by atoms with E-state index in [0.29, 0.717) is 12.5 Å². The molecule has 0 saturated heterocycles. The molecule has 1 atom stereocenters. The van der Waals surface area contributed by atoms with Crippen LogP contribution in [0, 0.1) is 11.8 Å². The van der Waals surface area contributed by atoms with Gasteiger partial charge in [-0.3, -0.25) is 24.1 Å². The average Bonchev–Trinajstić information content (AvgIpc) is 2.79. The van der Waals surface area contributed by atoms with E-state index >= 15 is 0 Å². The van der Waals surface area contributed by atoms with Crippen molar-refractivity contribution in [2.24, 2.45) is 11.8 Å². The lowest BCUT2D eigenvalue weighted by atomic mass is 10.00. The van der Waals surface area contributed by atoms with Crippen LogP contribution in [0.1, 0.15) is 45.4 Å². The Labute approximate surface area is 157 Å². The zero-order valence-electron chi connectivity index (χ0n) is 15.0. The highest BCUT2D eigenvalue weighted by atomic mass is 32.2. The number of hydrogen-bond acceptors (Lipinski definition) is 5. The van der Waals surface area contributed by atoms with Crippen LogP contribution in [0.3, 0.4) is 0 Å². The third kappa shape index (κ3) is 5.86. The SMILES string of the molecule is CC(CNC(=O)CSC1=CC(=O)N(CC2CCCCCC2)C1=O)C(=O)O. The lowest BCUT2D eigenvalue weighted by Gasteiger charge is -2.21. The third-order valence-electron chi connectivity index (χ3n) is 4.78. The van der Waals surface area contributed by atoms with Crippen LogP contribution in [-0.2, 0) is 19.2 Å². The van der Waals surface area contributed by atoms with Crippen LogP contribution in [-0.4, -0.2) is 52.5 Å². The van der Waals surface area contributed by atoms with E-state index in [1.54, 1.807) is 0 Å². The lowest BCUT2D eigenvalue weighted by Crippen LogP contribution is -2.35. The molecule has 144 valence electrons. The van der Waals surface area contributed by atoms with Gasteiger partial charge in [0.1, 0.15) is 0 Å². The molecule has 0 bridgehead atoms. The fourth-order valence-electron chi connectivity index (χ4n) is 3.11. The molecule has 8 heteroatoms. The van der Waals surface area contributed by atoms with Crippen LogP contribution in [0.5, 0.6) is 0 Å². The molecular formula is C18H26N2O5S. The molecule has 0 radical (unpaired) electrons. The highest BCUT2D eigenvalue weighted by Crippen LogP contribution is 2.28. The molecule has 0 spiro atoms. The van der Waals surface area contributed by atoms with Gasteiger partial charge in [0.25, 0.3) is 11.8 Å². The third-order valence-corrected chi connectivity index (χ3v) is 5.79. The van der Waals surface area contributed by atoms with Crippen molar-refractivity contribution in [3.8, 4) is 0 Å². The summed E-state index contributed by atoms with van der Waals surface area (Å²) in [6, 6.07) is 0. The van der Waals surface area contributed by atoms with Crippen molar-refractivity contribution < 1.29 is 24.3 Å². The minimum Gasteiger partial charge on any atom is -0.481 e. The summed E-state index contributed by atoms with van der Waals surface area (Å²) in [6.45, 7) is 2.00. The summed E-state index contributed by atoms with van der Waals surface area (Å²) in [5, 5.41) is 11.3. The smallest absolute Gasteiger partial charge is 0.308 e. The highest BCUT2D eigenvalue weighted by Gasteiger charge is 2.33. The second kappa shape index (κ2) is 9.75. The predicted octanol–water partition coefficient (Wildman–Crippen LogP) is 1.78. The van der Waals surface area contributed by atoms with E-state index in [-0.39, 0.29) is 34.9 Å². The van der Waals surface area contributed by atoms with E-state index < -0.39 is 11.9 Å². The number of carbonyl (C=O) groups excluding carboxylic acids is 3. The number of nitrogens with one attached hydrogen (secondary N) is 1. The van der Waals surface area contributed by atoms with Gasteiger partial charge < -0.3 is 10.4 Å². The van der Waals surface area contributed by atoms with Gasteiger partial charge >= 0.3 is 5.97 Å². The van der Waals surface area contributed by atoms with Crippen molar-refractivity contribution in [2.75, 3.05) is 18.8 Å². The van der Waals surface area contributed by atoms with Crippen molar-refractivity contribution in [2.45, 2.75) is 45.4 Å². The number of rotatable bonds is 8. The van der Waals surface area contributed by atoms with Crippen molar-refractivity contribution in [1.82, 2.24) is 10.2 Å². The van der Waals surface area contributed by atoms with Gasteiger partial charge in [-0.25, -0.2) is 0 Å². The van der Waals surface area contributed by atoms with Gasteiger partial charge in [0.2, 0.25) is 5.91 Å². The molecule has 3 amide bonds. The molecule has 2 rings (SSSR count). The van der Waals surface area contributed by atoms with Crippen molar-refractivity contribution in [1.29, 1.82) is 0 Å². The first kappa shape index (κ1) is 20.5. The van der Waals surface area contributed by atoms with Crippen LogP contribution in [0.15, 0.2) is 11.0 Å². The van der Waals surface area contributed by atoms with E-state index in [0.717, 1.165) is 37.4 Å². The zero-order valence-corrected chi connectivity index (χ0v) is 15.8. The molecule has 1 heterocycles. The van der Waals surface area contributed by atoms with Crippen LogP contribution < -0.4 is 5.32 Å². The first-order valence-electron chi connectivity index (χ1n) is 9.08. The summed E-state index contributed by atoms with van der Waals surface area (Å²) in [7, 11) is 0. The van der Waals surface area contributed by atoms with Gasteiger partial charge in [-0.2, -0.15) is 0 Å². The van der Waals surface area contributed by atoms with Gasteiger partial charge in [0.05, 0.1) is 16.6 Å². The van der Waals surface area contributed by atoms with Crippen LogP contribution in [0.25, 0.3) is 0 Å². The highest BCUT2D eigenvalue weighted by molar-refractivity contribution is 8.04. The maximum absolute atomic E-state index is 12.5. The Morgan fingerprint density at radius 1 is 1.27 bits per heavy atom. The van der Waals surface area contributed by atoms with E-state index in [9.17, 15) is 19.2 Å². The van der Waals surface area contributed by atoms with Crippen molar-refractivity contribution in [3.05, 3.63) is 11.0 Å². The maximum Gasteiger partial charge on any atom is 0.308 e. The fourth-order valence-corrected chi connectivity index (χ4v) is 3.92. The van der Waals surface area contributed by atoms with Gasteiger partial charge in [-0.1, -0.05) is 32.6 Å². The molecule has 2 N–H and O–H groups in total. The quantitative estimate of drug-likeness (QED) is 0.490. The minimum absolute atomic E-state index is 0.0194. The van der Waals surface area contributed by atoms with E-state index in [1.807, 2.05) is 0 Å². The minimum atomic E-state index is -0.980. The topological polar surface area (TPSA) is 104 Å². The molecular weight excluding hydrogens is 356 g/mol. The summed E-state index contributed by atoms with van der Waals surface area (Å²) in [4.78, 5) is 48.7. The van der Waals surface area contributed by atoms with E-state index in [4.69, 9.17) is 5.11 Å². The summed E-state index contributed by atoms with van der Waals surface area (Å²) in [5.41, 5.74) is 0. The fraction of sp³-hybridized carbons (Fsp3) is 0.667. The first-order valence-corrected chi connectivity index (χ1v) is 10.1. The Balaban J connectivity index is 1.79. The monoisotopic (exact) mass is 382 g/mol. The van der Waals surface area contributed by atoms with Crippen molar-refractivity contribution >= 4 is 35.5 Å². The molecule has 2 aliphatic rings. The number of carbonyl (C=O) groups is 4. The normalized spacial score (nSPS) is 19.9. The number of amides is 3. The van der Waals surface area contributed by atoms with Crippen LogP contribution in [0.2, 0.25) is 0 Å². The Morgan fingerprint density at radius 2 is 1.92 bits per heavy atom. The Kier molecular flexibility index (Phi) is 7.68. The average molecular weight is 382 g/mol. The molecule has 26 heavy (non-hydrogen) atoms. The predicted molar refractivity (Wildman–Crippen MR) is 98.3 cm³/mol. The summed E-state index contributed by atoms with van der Waals surface area (Å²) >= 11 is 1.02. The number of carboxylic acids is 1. The number of thioether (sulfide) groups is 1. The Morgan fingerprint density at radius 3 is 2.54 bits per heavy atom. The van der Waals surface area contributed by atoms with Gasteiger partial charge in [0, 0.05) is 19.2 Å². The number of hydrogen-bond donors (Lipinski definition) is 2. The van der Waals surface area contributed by atoms with Gasteiger partial charge in [-0.05, 0) is 18.8 Å². The van der Waals surface area contributed by atoms with E-state index in [1.165, 1.54) is 30.7 Å². The van der Waals surface area contributed by atoms with Gasteiger partial charge in [0.15, 0.2) is 0 Å². The standard InChI is InChI=1S/C18H26N2O5S/c1-12(18(24)25)9-19-15(21)11-26-14-8-16(22)20(17(14)23)10-13-6-4-2-3-5-7-13/h8,12-13H,2-7,9-11H2,1H3,(H,19,21)(H,24,25). The molecule has 1 unspecified atom stereocenters.